The summed E-state index contributed by atoms with van der Waals surface area (Å²) in [4.78, 5) is 42.3. The summed E-state index contributed by atoms with van der Waals surface area (Å²) in [5.41, 5.74) is 2.82. The molecule has 1 N–H and O–H groups in total. The van der Waals surface area contributed by atoms with Crippen LogP contribution < -0.4 is 0 Å². The average molecular weight is 799 g/mol. The molecule has 5 aromatic rings. The van der Waals surface area contributed by atoms with Crippen molar-refractivity contribution in [3.63, 3.8) is 0 Å². The second-order valence-corrected chi connectivity index (χ2v) is 15.7. The fourth-order valence-corrected chi connectivity index (χ4v) is 9.00. The molecule has 0 aromatic heterocycles. The number of alkyl halides is 3. The van der Waals surface area contributed by atoms with Gasteiger partial charge < -0.3 is 14.7 Å². The van der Waals surface area contributed by atoms with E-state index in [9.17, 15) is 41.1 Å². The smallest absolute Gasteiger partial charge is 0.416 e. The van der Waals surface area contributed by atoms with E-state index in [4.69, 9.17) is 4.74 Å². The van der Waals surface area contributed by atoms with Crippen LogP contribution in [0.5, 0.6) is 0 Å². The van der Waals surface area contributed by atoms with Gasteiger partial charge in [0.15, 0.2) is 5.78 Å². The maximum Gasteiger partial charge on any atom is 0.416 e. The Labute approximate surface area is 329 Å². The number of benzene rings is 5. The van der Waals surface area contributed by atoms with Gasteiger partial charge in [0.2, 0.25) is 10.0 Å². The van der Waals surface area contributed by atoms with Crippen LogP contribution in [0.2, 0.25) is 0 Å². The summed E-state index contributed by atoms with van der Waals surface area (Å²) in [5, 5.41) is 10.7. The number of aliphatic hydroxyl groups is 1. The monoisotopic (exact) mass is 798 g/mol. The van der Waals surface area contributed by atoms with Gasteiger partial charge in [0.05, 0.1) is 29.2 Å². The lowest BCUT2D eigenvalue weighted by molar-refractivity contribution is -0.137. The molecule has 1 saturated heterocycles. The van der Waals surface area contributed by atoms with Crippen molar-refractivity contribution < 1.29 is 45.8 Å². The molecule has 13 heteroatoms. The Morgan fingerprint density at radius 3 is 1.93 bits per heavy atom. The zero-order valence-corrected chi connectivity index (χ0v) is 32.0. The van der Waals surface area contributed by atoms with Gasteiger partial charge in [-0.05, 0) is 84.0 Å². The maximum atomic E-state index is 14.7. The first kappa shape index (κ1) is 41.0. The number of hydrogen-bond donors (Lipinski definition) is 1. The molecule has 1 aliphatic rings. The standard InChI is InChI=1S/C44H41F3N2O7S/c1-29(50)41(51)39(27-30-14-16-32(17-15-30)31-9-4-3-5-10-31)48(42(52)35-20-18-33(19-21-35)34-22-24-36(25-23-34)44(45,46)47)28-37-11-8-26-49(37)57(54,55)40-13-7-6-12-38(40)43(53)56-2/h3-7,9-10,12-25,29,37,39,50H,8,11,26-28H2,1-2H3/t29?,37-,39+/m1/s1. The summed E-state index contributed by atoms with van der Waals surface area (Å²) in [5.74, 6) is -2.10. The first-order valence-corrected chi connectivity index (χ1v) is 19.8. The number of halogens is 3. The van der Waals surface area contributed by atoms with Crippen LogP contribution in [-0.2, 0) is 32.2 Å². The first-order chi connectivity index (χ1) is 27.2. The normalized spacial score (nSPS) is 15.8. The number of hydrogen-bond acceptors (Lipinski definition) is 7. The van der Waals surface area contributed by atoms with Crippen molar-refractivity contribution in [1.82, 2.24) is 9.21 Å². The predicted octanol–water partition coefficient (Wildman–Crippen LogP) is 7.68. The van der Waals surface area contributed by atoms with Gasteiger partial charge in [-0.1, -0.05) is 91.0 Å². The second-order valence-electron chi connectivity index (χ2n) is 13.9. The van der Waals surface area contributed by atoms with E-state index in [0.717, 1.165) is 30.4 Å². The minimum Gasteiger partial charge on any atom is -0.465 e. The van der Waals surface area contributed by atoms with E-state index >= 15 is 0 Å². The summed E-state index contributed by atoms with van der Waals surface area (Å²) < 4.78 is 74.2. The molecule has 6 rings (SSSR count). The summed E-state index contributed by atoms with van der Waals surface area (Å²) in [7, 11) is -3.17. The Bertz CT molecular complexity index is 2320. The van der Waals surface area contributed by atoms with Gasteiger partial charge in [-0.2, -0.15) is 17.5 Å². The van der Waals surface area contributed by atoms with Crippen molar-refractivity contribution in [2.45, 2.75) is 55.4 Å². The quantitative estimate of drug-likeness (QED) is 0.121. The first-order valence-electron chi connectivity index (χ1n) is 18.3. The van der Waals surface area contributed by atoms with E-state index in [1.165, 1.54) is 64.7 Å². The van der Waals surface area contributed by atoms with Crippen LogP contribution in [-0.4, -0.2) is 78.8 Å². The highest BCUT2D eigenvalue weighted by molar-refractivity contribution is 7.89. The van der Waals surface area contributed by atoms with Crippen molar-refractivity contribution in [2.75, 3.05) is 20.2 Å². The number of carbonyl (C=O) groups is 3. The van der Waals surface area contributed by atoms with E-state index in [0.29, 0.717) is 29.5 Å². The SMILES string of the molecule is COC(=O)c1ccccc1S(=O)(=O)N1CCC[C@@H]1CN(C(=O)c1ccc(-c2ccc(C(F)(F)F)cc2)cc1)[C@@H](Cc1ccc(-c2ccccc2)cc1)C(=O)C(C)O. The van der Waals surface area contributed by atoms with Gasteiger partial charge in [0, 0.05) is 31.1 Å². The van der Waals surface area contributed by atoms with Crippen LogP contribution >= 0.6 is 0 Å². The van der Waals surface area contributed by atoms with Crippen LogP contribution in [0.1, 0.15) is 51.6 Å². The summed E-state index contributed by atoms with van der Waals surface area (Å²) in [6.07, 6.45) is -5.21. The number of sulfonamides is 1. The van der Waals surface area contributed by atoms with Gasteiger partial charge in [-0.3, -0.25) is 9.59 Å². The number of rotatable bonds is 13. The molecule has 1 fully saturated rings. The highest BCUT2D eigenvalue weighted by Crippen LogP contribution is 2.33. The molecule has 0 spiro atoms. The highest BCUT2D eigenvalue weighted by atomic mass is 32.2. The molecule has 296 valence electrons. The second kappa shape index (κ2) is 17.2. The lowest BCUT2D eigenvalue weighted by Crippen LogP contribution is -2.54. The predicted molar refractivity (Wildman–Crippen MR) is 209 cm³/mol. The number of nitrogens with zero attached hydrogens (tertiary/aromatic N) is 2. The molecule has 0 saturated carbocycles. The number of esters is 1. The van der Waals surface area contributed by atoms with Crippen molar-refractivity contribution in [1.29, 1.82) is 0 Å². The number of aliphatic hydroxyl groups excluding tert-OH is 1. The molecule has 0 aliphatic carbocycles. The van der Waals surface area contributed by atoms with Gasteiger partial charge >= 0.3 is 12.1 Å². The molecule has 1 amide bonds. The van der Waals surface area contributed by atoms with Crippen molar-refractivity contribution in [3.05, 3.63) is 150 Å². The maximum absolute atomic E-state index is 14.7. The minimum absolute atomic E-state index is 0.00117. The van der Waals surface area contributed by atoms with Crippen LogP contribution in [0.4, 0.5) is 13.2 Å². The highest BCUT2D eigenvalue weighted by Gasteiger charge is 2.42. The van der Waals surface area contributed by atoms with Crippen molar-refractivity contribution >= 4 is 27.7 Å². The molecular formula is C44H41F3N2O7S. The van der Waals surface area contributed by atoms with Crippen LogP contribution in [0.25, 0.3) is 22.3 Å². The number of ketones is 1. The third kappa shape index (κ3) is 9.17. The number of Topliss-reactive ketones (excluding diaryl/α,β-unsaturated/α-hetero) is 1. The number of amides is 1. The zero-order valence-electron chi connectivity index (χ0n) is 31.2. The fraction of sp³-hybridized carbons (Fsp3) is 0.250. The molecular weight excluding hydrogens is 758 g/mol. The third-order valence-corrected chi connectivity index (χ3v) is 12.2. The largest absolute Gasteiger partial charge is 0.465 e. The zero-order chi connectivity index (χ0) is 40.9. The van der Waals surface area contributed by atoms with E-state index in [2.05, 4.69) is 0 Å². The minimum atomic E-state index is -4.50. The lowest BCUT2D eigenvalue weighted by atomic mass is 9.95. The van der Waals surface area contributed by atoms with E-state index in [1.54, 1.807) is 12.1 Å². The molecule has 3 atom stereocenters. The van der Waals surface area contributed by atoms with Crippen molar-refractivity contribution in [3.8, 4) is 22.3 Å². The van der Waals surface area contributed by atoms with E-state index in [1.807, 2.05) is 54.6 Å². The molecule has 9 nitrogen and oxygen atoms in total. The molecule has 0 bridgehead atoms. The lowest BCUT2D eigenvalue weighted by Gasteiger charge is -2.36. The van der Waals surface area contributed by atoms with E-state index < -0.39 is 57.6 Å². The number of methoxy groups -OCH3 is 1. The number of ether oxygens (including phenoxy) is 1. The fourth-order valence-electron chi connectivity index (χ4n) is 7.14. The Balaban J connectivity index is 1.37. The third-order valence-electron chi connectivity index (χ3n) is 10.2. The topological polar surface area (TPSA) is 121 Å². The summed E-state index contributed by atoms with van der Waals surface area (Å²) >= 11 is 0. The van der Waals surface area contributed by atoms with Gasteiger partial charge in [0.1, 0.15) is 6.10 Å². The van der Waals surface area contributed by atoms with Crippen LogP contribution in [0.15, 0.2) is 132 Å². The molecule has 1 aliphatic heterocycles. The van der Waals surface area contributed by atoms with Crippen molar-refractivity contribution in [2.24, 2.45) is 0 Å². The summed E-state index contributed by atoms with van der Waals surface area (Å²) in [6, 6.07) is 31.5. The van der Waals surface area contributed by atoms with Gasteiger partial charge in [0.25, 0.3) is 5.91 Å². The Hall–Kier alpha value is -5.63. The average Bonchev–Trinajstić information content (AvgIpc) is 3.71. The van der Waals surface area contributed by atoms with Gasteiger partial charge in [-0.15, -0.1) is 0 Å². The molecule has 0 radical (unpaired) electrons. The van der Waals surface area contributed by atoms with Crippen LogP contribution in [0, 0.1) is 0 Å². The molecule has 5 aromatic carbocycles. The molecule has 1 heterocycles. The van der Waals surface area contributed by atoms with E-state index in [-0.39, 0.29) is 35.5 Å². The Kier molecular flexibility index (Phi) is 12.4. The van der Waals surface area contributed by atoms with Gasteiger partial charge in [-0.25, -0.2) is 13.2 Å². The van der Waals surface area contributed by atoms with Crippen LogP contribution in [0.3, 0.4) is 0 Å². The molecule has 1 unspecified atom stereocenters. The Morgan fingerprint density at radius 2 is 1.35 bits per heavy atom. The Morgan fingerprint density at radius 1 is 0.807 bits per heavy atom. The number of carbonyl (C=O) groups excluding carboxylic acids is 3. The summed E-state index contributed by atoms with van der Waals surface area (Å²) in [6.45, 7) is 1.16. The molecule has 57 heavy (non-hydrogen) atoms.